The van der Waals surface area contributed by atoms with Crippen LogP contribution < -0.4 is 5.32 Å². The zero-order chi connectivity index (χ0) is 25.4. The Hall–Kier alpha value is -2.94. The fourth-order valence-electron chi connectivity index (χ4n) is 4.99. The summed E-state index contributed by atoms with van der Waals surface area (Å²) in [6.45, 7) is 4.67. The number of halogens is 4. The topological polar surface area (TPSA) is 52.7 Å². The van der Waals surface area contributed by atoms with Gasteiger partial charge in [0, 0.05) is 38.0 Å². The van der Waals surface area contributed by atoms with Crippen LogP contribution >= 0.6 is 0 Å². The molecule has 1 spiro atoms. The third-order valence-electron chi connectivity index (χ3n) is 7.23. The molecule has 2 aromatic carbocycles. The number of benzene rings is 2. The number of hydrogen-bond donors (Lipinski definition) is 1. The summed E-state index contributed by atoms with van der Waals surface area (Å²) < 4.78 is 53.3. The molecule has 0 bridgehead atoms. The van der Waals surface area contributed by atoms with Gasteiger partial charge in [-0.2, -0.15) is 13.2 Å². The van der Waals surface area contributed by atoms with Gasteiger partial charge in [0.15, 0.2) is 0 Å². The SMILES string of the molecule is CC[C@H](C)[C@H]1NC2(CCN(C(=O)c3cccc(F)c3)CC2)N(Cc2cccc(C(F)(F)F)c2)C1=O. The fraction of sp³-hybridized carbons (Fsp3) is 0.462. The molecule has 0 aromatic heterocycles. The van der Waals surface area contributed by atoms with E-state index in [1.165, 1.54) is 24.3 Å². The molecule has 2 fully saturated rings. The zero-order valence-electron chi connectivity index (χ0n) is 19.7. The smallest absolute Gasteiger partial charge is 0.338 e. The Balaban J connectivity index is 1.57. The van der Waals surface area contributed by atoms with Gasteiger partial charge in [-0.3, -0.25) is 14.9 Å². The summed E-state index contributed by atoms with van der Waals surface area (Å²) in [5.41, 5.74) is -0.859. The molecule has 9 heteroatoms. The summed E-state index contributed by atoms with van der Waals surface area (Å²) in [5, 5.41) is 3.49. The van der Waals surface area contributed by atoms with Crippen LogP contribution in [-0.4, -0.2) is 46.4 Å². The maximum atomic E-state index is 13.6. The van der Waals surface area contributed by atoms with E-state index in [0.29, 0.717) is 31.5 Å². The third kappa shape index (κ3) is 5.05. The molecule has 35 heavy (non-hydrogen) atoms. The molecule has 2 heterocycles. The Bertz CT molecular complexity index is 1100. The fourth-order valence-corrected chi connectivity index (χ4v) is 4.99. The maximum absolute atomic E-state index is 13.6. The normalized spacial score (nSPS) is 21.0. The van der Waals surface area contributed by atoms with Gasteiger partial charge in [0.25, 0.3) is 5.91 Å². The summed E-state index contributed by atoms with van der Waals surface area (Å²) >= 11 is 0. The average Bonchev–Trinajstić information content (AvgIpc) is 3.09. The predicted octanol–water partition coefficient (Wildman–Crippen LogP) is 4.82. The van der Waals surface area contributed by atoms with Crippen molar-refractivity contribution in [3.63, 3.8) is 0 Å². The van der Waals surface area contributed by atoms with Gasteiger partial charge in [-0.15, -0.1) is 0 Å². The molecule has 2 aliphatic heterocycles. The van der Waals surface area contributed by atoms with E-state index in [9.17, 15) is 27.2 Å². The van der Waals surface area contributed by atoms with Crippen molar-refractivity contribution in [2.75, 3.05) is 13.1 Å². The van der Waals surface area contributed by atoms with Crippen molar-refractivity contribution >= 4 is 11.8 Å². The quantitative estimate of drug-likeness (QED) is 0.610. The van der Waals surface area contributed by atoms with Crippen LogP contribution in [0.15, 0.2) is 48.5 Å². The molecule has 0 radical (unpaired) electrons. The number of nitrogens with one attached hydrogen (secondary N) is 1. The van der Waals surface area contributed by atoms with Crippen molar-refractivity contribution in [3.05, 3.63) is 71.0 Å². The second kappa shape index (κ2) is 9.60. The first kappa shape index (κ1) is 25.2. The Kier molecular flexibility index (Phi) is 6.90. The van der Waals surface area contributed by atoms with Crippen LogP contribution in [-0.2, 0) is 17.5 Å². The minimum atomic E-state index is -4.47. The summed E-state index contributed by atoms with van der Waals surface area (Å²) in [6, 6.07) is 10.1. The van der Waals surface area contributed by atoms with Gasteiger partial charge < -0.3 is 9.80 Å². The van der Waals surface area contributed by atoms with E-state index in [2.05, 4.69) is 5.32 Å². The van der Waals surface area contributed by atoms with Gasteiger partial charge in [-0.05, 0) is 41.8 Å². The molecular weight excluding hydrogens is 462 g/mol. The first-order valence-electron chi connectivity index (χ1n) is 11.8. The molecule has 0 saturated carbocycles. The molecule has 188 valence electrons. The predicted molar refractivity (Wildman–Crippen MR) is 123 cm³/mol. The summed E-state index contributed by atoms with van der Waals surface area (Å²) in [5.74, 6) is -0.873. The van der Waals surface area contributed by atoms with Crippen LogP contribution in [0.2, 0.25) is 0 Å². The summed E-state index contributed by atoms with van der Waals surface area (Å²) in [7, 11) is 0. The standard InChI is InChI=1S/C26H29F4N3O2/c1-3-17(2)22-24(35)33(16-18-6-4-8-20(14-18)26(28,29)30)25(31-22)10-12-32(13-11-25)23(34)19-7-5-9-21(27)15-19/h4-9,14-15,17,22,31H,3,10-13,16H2,1-2H3/t17-,22+/m0/s1. The van der Waals surface area contributed by atoms with E-state index < -0.39 is 29.3 Å². The van der Waals surface area contributed by atoms with E-state index in [-0.39, 0.29) is 29.8 Å². The Morgan fingerprint density at radius 3 is 2.46 bits per heavy atom. The average molecular weight is 492 g/mol. The van der Waals surface area contributed by atoms with Gasteiger partial charge in [0.2, 0.25) is 5.91 Å². The highest BCUT2D eigenvalue weighted by atomic mass is 19.4. The van der Waals surface area contributed by atoms with Crippen molar-refractivity contribution in [2.24, 2.45) is 5.92 Å². The first-order valence-corrected chi connectivity index (χ1v) is 11.8. The third-order valence-corrected chi connectivity index (χ3v) is 7.23. The Morgan fingerprint density at radius 2 is 1.83 bits per heavy atom. The van der Waals surface area contributed by atoms with Crippen molar-refractivity contribution in [1.29, 1.82) is 0 Å². The number of nitrogens with zero attached hydrogens (tertiary/aromatic N) is 2. The van der Waals surface area contributed by atoms with E-state index in [1.54, 1.807) is 21.9 Å². The minimum absolute atomic E-state index is 0.0397. The number of likely N-dealkylation sites (tertiary alicyclic amines) is 1. The largest absolute Gasteiger partial charge is 0.416 e. The van der Waals surface area contributed by atoms with Gasteiger partial charge in [-0.1, -0.05) is 38.5 Å². The first-order chi connectivity index (χ1) is 16.5. The number of rotatable bonds is 5. The highest BCUT2D eigenvalue weighted by Crippen LogP contribution is 2.37. The number of alkyl halides is 3. The minimum Gasteiger partial charge on any atom is -0.338 e. The lowest BCUT2D eigenvalue weighted by molar-refractivity contribution is -0.137. The number of carbonyl (C=O) groups is 2. The molecule has 4 rings (SSSR count). The lowest BCUT2D eigenvalue weighted by atomic mass is 9.94. The maximum Gasteiger partial charge on any atom is 0.416 e. The molecule has 2 aromatic rings. The Labute approximate surface area is 202 Å². The van der Waals surface area contributed by atoms with Crippen molar-refractivity contribution < 1.29 is 27.2 Å². The van der Waals surface area contributed by atoms with Gasteiger partial charge in [-0.25, -0.2) is 4.39 Å². The molecule has 2 amide bonds. The Morgan fingerprint density at radius 1 is 1.14 bits per heavy atom. The lowest BCUT2D eigenvalue weighted by Crippen LogP contribution is -2.59. The lowest BCUT2D eigenvalue weighted by Gasteiger charge is -2.45. The summed E-state index contributed by atoms with van der Waals surface area (Å²) in [4.78, 5) is 29.6. The van der Waals surface area contributed by atoms with Crippen LogP contribution in [0.5, 0.6) is 0 Å². The molecule has 0 unspecified atom stereocenters. The monoisotopic (exact) mass is 491 g/mol. The van der Waals surface area contributed by atoms with Crippen molar-refractivity contribution in [3.8, 4) is 0 Å². The van der Waals surface area contributed by atoms with E-state index >= 15 is 0 Å². The van der Waals surface area contributed by atoms with Gasteiger partial charge in [0.05, 0.1) is 17.3 Å². The number of amides is 2. The van der Waals surface area contributed by atoms with Crippen LogP contribution in [0.1, 0.15) is 54.6 Å². The van der Waals surface area contributed by atoms with Crippen LogP contribution in [0.3, 0.4) is 0 Å². The number of hydrogen-bond acceptors (Lipinski definition) is 3. The van der Waals surface area contributed by atoms with Crippen molar-refractivity contribution in [1.82, 2.24) is 15.1 Å². The van der Waals surface area contributed by atoms with E-state index in [1.807, 2.05) is 13.8 Å². The molecular formula is C26H29F4N3O2. The second-order valence-corrected chi connectivity index (χ2v) is 9.46. The summed E-state index contributed by atoms with van der Waals surface area (Å²) in [6.07, 6.45) is -2.86. The molecule has 2 aliphatic rings. The van der Waals surface area contributed by atoms with Gasteiger partial charge in [0.1, 0.15) is 5.82 Å². The van der Waals surface area contributed by atoms with Crippen molar-refractivity contribution in [2.45, 2.75) is 57.5 Å². The highest BCUT2D eigenvalue weighted by Gasteiger charge is 2.52. The van der Waals surface area contributed by atoms with Crippen LogP contribution in [0.4, 0.5) is 17.6 Å². The van der Waals surface area contributed by atoms with E-state index in [0.717, 1.165) is 18.6 Å². The highest BCUT2D eigenvalue weighted by molar-refractivity contribution is 5.94. The molecule has 5 nitrogen and oxygen atoms in total. The molecule has 2 saturated heterocycles. The second-order valence-electron chi connectivity index (χ2n) is 9.46. The number of carbonyl (C=O) groups excluding carboxylic acids is 2. The molecule has 0 aliphatic carbocycles. The van der Waals surface area contributed by atoms with E-state index in [4.69, 9.17) is 0 Å². The van der Waals surface area contributed by atoms with Crippen LogP contribution in [0, 0.1) is 11.7 Å². The molecule has 1 N–H and O–H groups in total. The number of piperidine rings is 1. The van der Waals surface area contributed by atoms with Crippen LogP contribution in [0.25, 0.3) is 0 Å². The van der Waals surface area contributed by atoms with Gasteiger partial charge >= 0.3 is 6.18 Å². The molecule has 2 atom stereocenters. The zero-order valence-corrected chi connectivity index (χ0v) is 19.7.